The van der Waals surface area contributed by atoms with Gasteiger partial charge in [-0.1, -0.05) is 6.07 Å². The van der Waals surface area contributed by atoms with E-state index in [1.165, 1.54) is 0 Å². The lowest BCUT2D eigenvalue weighted by atomic mass is 9.86. The zero-order valence-corrected chi connectivity index (χ0v) is 17.0. The first-order chi connectivity index (χ1) is 13.6. The van der Waals surface area contributed by atoms with E-state index in [4.69, 9.17) is 9.47 Å². The first kappa shape index (κ1) is 22.3. The van der Waals surface area contributed by atoms with Crippen LogP contribution in [0.4, 0.5) is 0 Å². The molecule has 1 aromatic carbocycles. The third kappa shape index (κ3) is 3.86. The molecule has 8 heteroatoms. The normalized spacial score (nSPS) is 34.5. The summed E-state index contributed by atoms with van der Waals surface area (Å²) in [5.74, 6) is -0.0522. The number of aliphatic hydroxyl groups excluding tert-OH is 5. The lowest BCUT2D eigenvalue weighted by Gasteiger charge is -2.39. The van der Waals surface area contributed by atoms with E-state index in [0.717, 1.165) is 22.3 Å². The van der Waals surface area contributed by atoms with Gasteiger partial charge in [-0.3, -0.25) is 4.79 Å². The van der Waals surface area contributed by atoms with E-state index in [-0.39, 0.29) is 19.0 Å². The number of aryl methyl sites for hydroxylation is 1. The zero-order chi connectivity index (χ0) is 21.5. The van der Waals surface area contributed by atoms with Crippen molar-refractivity contribution in [1.29, 1.82) is 0 Å². The maximum Gasteiger partial charge on any atom is 0.186 e. The van der Waals surface area contributed by atoms with Crippen LogP contribution in [-0.2, 0) is 22.3 Å². The van der Waals surface area contributed by atoms with Crippen molar-refractivity contribution in [3.05, 3.63) is 33.9 Å². The number of hydrogen-bond acceptors (Lipinski definition) is 8. The van der Waals surface area contributed by atoms with Crippen molar-refractivity contribution >= 4 is 5.78 Å². The summed E-state index contributed by atoms with van der Waals surface area (Å²) >= 11 is 0. The molecule has 2 aliphatic rings. The summed E-state index contributed by atoms with van der Waals surface area (Å²) in [7, 11) is 0. The van der Waals surface area contributed by atoms with Gasteiger partial charge in [0, 0.05) is 5.56 Å². The van der Waals surface area contributed by atoms with Gasteiger partial charge < -0.3 is 35.0 Å². The Morgan fingerprint density at radius 1 is 1.17 bits per heavy atom. The molecule has 0 aromatic heterocycles. The third-order valence-electron chi connectivity index (χ3n) is 6.20. The summed E-state index contributed by atoms with van der Waals surface area (Å²) in [5.41, 5.74) is 3.64. The highest BCUT2D eigenvalue weighted by molar-refractivity contribution is 6.06. The number of carbonyl (C=O) groups excluding carboxylic acids is 1. The van der Waals surface area contributed by atoms with Crippen LogP contribution in [0.25, 0.3) is 0 Å². The second-order valence-corrected chi connectivity index (χ2v) is 8.37. The molecule has 29 heavy (non-hydrogen) atoms. The Hall–Kier alpha value is -1.39. The minimum absolute atomic E-state index is 0.0522. The second kappa shape index (κ2) is 8.39. The Bertz CT molecular complexity index is 776. The molecule has 1 heterocycles. The Morgan fingerprint density at radius 2 is 1.86 bits per heavy atom. The van der Waals surface area contributed by atoms with Crippen LogP contribution in [0.3, 0.4) is 0 Å². The molecule has 1 aliphatic carbocycles. The molecule has 1 aliphatic heterocycles. The molecule has 6 atom stereocenters. The molecule has 8 nitrogen and oxygen atoms in total. The predicted molar refractivity (Wildman–Crippen MR) is 103 cm³/mol. The predicted octanol–water partition coefficient (Wildman–Crippen LogP) is -0.600. The van der Waals surface area contributed by atoms with Crippen molar-refractivity contribution in [3.8, 4) is 0 Å². The van der Waals surface area contributed by atoms with Crippen molar-refractivity contribution in [1.82, 2.24) is 0 Å². The summed E-state index contributed by atoms with van der Waals surface area (Å²) in [4.78, 5) is 12.8. The van der Waals surface area contributed by atoms with Gasteiger partial charge in [0.05, 0.1) is 25.2 Å². The van der Waals surface area contributed by atoms with Gasteiger partial charge in [0.15, 0.2) is 12.1 Å². The van der Waals surface area contributed by atoms with Gasteiger partial charge in [-0.2, -0.15) is 0 Å². The number of fused-ring (bicyclic) bond motifs is 1. The first-order valence-electron chi connectivity index (χ1n) is 9.84. The van der Waals surface area contributed by atoms with E-state index in [0.29, 0.717) is 18.4 Å². The summed E-state index contributed by atoms with van der Waals surface area (Å²) in [5, 5.41) is 48.7. The highest BCUT2D eigenvalue weighted by atomic mass is 16.7. The van der Waals surface area contributed by atoms with Crippen molar-refractivity contribution in [2.45, 2.75) is 64.3 Å². The highest BCUT2D eigenvalue weighted by Gasteiger charge is 2.44. The quantitative estimate of drug-likeness (QED) is 0.419. The maximum absolute atomic E-state index is 12.8. The third-order valence-corrected chi connectivity index (χ3v) is 6.20. The van der Waals surface area contributed by atoms with Gasteiger partial charge in [0.1, 0.15) is 24.4 Å². The van der Waals surface area contributed by atoms with Gasteiger partial charge in [-0.05, 0) is 55.9 Å². The minimum Gasteiger partial charge on any atom is -0.395 e. The lowest BCUT2D eigenvalue weighted by molar-refractivity contribution is -0.300. The SMILES string of the molecule is Cc1cc2c(c(C)c1CCO[C@@H]1O[C@H](CO)[C@@H](O)[C@@H](O)[C@H]1O)C(=O)[C@](C)(CO)C2. The summed E-state index contributed by atoms with van der Waals surface area (Å²) in [6.45, 7) is 5.04. The van der Waals surface area contributed by atoms with Crippen LogP contribution in [-0.4, -0.2) is 81.8 Å². The minimum atomic E-state index is -1.48. The highest BCUT2D eigenvalue weighted by Crippen LogP contribution is 2.40. The molecule has 0 amide bonds. The van der Waals surface area contributed by atoms with Gasteiger partial charge in [-0.15, -0.1) is 0 Å². The molecule has 3 rings (SSSR count). The smallest absolute Gasteiger partial charge is 0.186 e. The molecule has 5 N–H and O–H groups in total. The zero-order valence-electron chi connectivity index (χ0n) is 17.0. The topological polar surface area (TPSA) is 137 Å². The molecule has 0 unspecified atom stereocenters. The van der Waals surface area contributed by atoms with E-state index in [1.54, 1.807) is 6.92 Å². The van der Waals surface area contributed by atoms with Crippen LogP contribution >= 0.6 is 0 Å². The van der Waals surface area contributed by atoms with Gasteiger partial charge in [-0.25, -0.2) is 0 Å². The van der Waals surface area contributed by atoms with E-state index >= 15 is 0 Å². The van der Waals surface area contributed by atoms with Crippen molar-refractivity contribution in [2.75, 3.05) is 19.8 Å². The van der Waals surface area contributed by atoms with Crippen LogP contribution in [0.2, 0.25) is 0 Å². The number of aliphatic hydroxyl groups is 5. The Labute approximate surface area is 169 Å². The molecule has 1 fully saturated rings. The fraction of sp³-hybridized carbons (Fsp3) is 0.667. The molecule has 0 bridgehead atoms. The van der Waals surface area contributed by atoms with Crippen molar-refractivity contribution < 1.29 is 39.8 Å². The largest absolute Gasteiger partial charge is 0.395 e. The van der Waals surface area contributed by atoms with E-state index in [1.807, 2.05) is 19.9 Å². The molecule has 0 radical (unpaired) electrons. The fourth-order valence-corrected chi connectivity index (χ4v) is 4.36. The van der Waals surface area contributed by atoms with Gasteiger partial charge in [0.2, 0.25) is 0 Å². The molecule has 0 saturated carbocycles. The average Bonchev–Trinajstić information content (AvgIpc) is 2.94. The van der Waals surface area contributed by atoms with Crippen molar-refractivity contribution in [3.63, 3.8) is 0 Å². The van der Waals surface area contributed by atoms with Crippen molar-refractivity contribution in [2.24, 2.45) is 5.41 Å². The number of ketones is 1. The van der Waals surface area contributed by atoms with Crippen LogP contribution in [0.15, 0.2) is 6.07 Å². The standard InChI is InChI=1S/C21H30O8/c1-10-6-12-7-21(3,9-23)19(27)15(12)11(2)13(10)4-5-28-20-18(26)17(25)16(24)14(8-22)29-20/h6,14,16-18,20,22-26H,4-5,7-9H2,1-3H3/t14-,16-,17-,18-,20-,21+/m1/s1. The number of carbonyl (C=O) groups is 1. The lowest BCUT2D eigenvalue weighted by Crippen LogP contribution is -2.59. The summed E-state index contributed by atoms with van der Waals surface area (Å²) in [6.07, 6.45) is -5.59. The average molecular weight is 410 g/mol. The Morgan fingerprint density at radius 3 is 2.48 bits per heavy atom. The number of rotatable bonds is 6. The second-order valence-electron chi connectivity index (χ2n) is 8.37. The van der Waals surface area contributed by atoms with Crippen LogP contribution in [0.5, 0.6) is 0 Å². The molecule has 1 aromatic rings. The number of benzene rings is 1. The van der Waals surface area contributed by atoms with Gasteiger partial charge >= 0.3 is 0 Å². The van der Waals surface area contributed by atoms with E-state index in [2.05, 4.69) is 0 Å². The molecular weight excluding hydrogens is 380 g/mol. The number of Topliss-reactive ketones (excluding diaryl/α,β-unsaturated/α-hetero) is 1. The fourth-order valence-electron chi connectivity index (χ4n) is 4.36. The van der Waals surface area contributed by atoms with Gasteiger partial charge in [0.25, 0.3) is 0 Å². The molecule has 1 saturated heterocycles. The van der Waals surface area contributed by atoms with Crippen LogP contribution in [0, 0.1) is 19.3 Å². The van der Waals surface area contributed by atoms with E-state index < -0.39 is 42.7 Å². The molecule has 162 valence electrons. The Balaban J connectivity index is 1.72. The molecule has 0 spiro atoms. The monoisotopic (exact) mass is 410 g/mol. The summed E-state index contributed by atoms with van der Waals surface area (Å²) in [6, 6.07) is 1.98. The van der Waals surface area contributed by atoms with Crippen LogP contribution in [0.1, 0.15) is 39.5 Å². The first-order valence-corrected chi connectivity index (χ1v) is 9.84. The van der Waals surface area contributed by atoms with Crippen LogP contribution < -0.4 is 0 Å². The molecular formula is C21H30O8. The Kier molecular flexibility index (Phi) is 6.45. The van der Waals surface area contributed by atoms with E-state index in [9.17, 15) is 30.3 Å². The summed E-state index contributed by atoms with van der Waals surface area (Å²) < 4.78 is 10.9. The number of hydrogen-bond donors (Lipinski definition) is 5. The number of ether oxygens (including phenoxy) is 2. The maximum atomic E-state index is 12.8.